The monoisotopic (exact) mass is 448 g/mol. The molecule has 1 rings (SSSR count). The largest absolute Gasteiger partial charge is 0.356 e. The second-order valence-corrected chi connectivity index (χ2v) is 10.4. The number of unbranched alkanes of at least 4 members (excludes halogenated alkanes) is 19. The van der Waals surface area contributed by atoms with Crippen LogP contribution >= 0.6 is 0 Å². The predicted octanol–water partition coefficient (Wildman–Crippen LogP) is 10.0. The third-order valence-corrected chi connectivity index (χ3v) is 7.37. The van der Waals surface area contributed by atoms with Gasteiger partial charge in [-0.05, 0) is 19.3 Å². The van der Waals surface area contributed by atoms with E-state index in [4.69, 9.17) is 0 Å². The summed E-state index contributed by atoms with van der Waals surface area (Å²) in [6.07, 6.45) is 36.7. The molecule has 0 saturated heterocycles. The van der Waals surface area contributed by atoms with Crippen molar-refractivity contribution in [2.24, 2.45) is 0 Å². The number of hydrogen-bond acceptors (Lipinski definition) is 2. The van der Waals surface area contributed by atoms with E-state index in [2.05, 4.69) is 43.0 Å². The maximum absolute atomic E-state index is 2.61. The Labute approximate surface area is 203 Å². The summed E-state index contributed by atoms with van der Waals surface area (Å²) in [6.45, 7) is 9.45. The fraction of sp³-hybridized carbons (Fsp3) is 0.933. The van der Waals surface area contributed by atoms with Crippen molar-refractivity contribution in [3.05, 3.63) is 12.4 Å². The van der Waals surface area contributed by atoms with Crippen molar-refractivity contribution >= 4 is 0 Å². The van der Waals surface area contributed by atoms with Gasteiger partial charge in [0.2, 0.25) is 0 Å². The number of nitrogens with zero attached hydrogens (tertiary/aromatic N) is 2. The van der Waals surface area contributed by atoms with Crippen LogP contribution < -0.4 is 0 Å². The Bertz CT molecular complexity index is 406. The molecule has 0 N–H and O–H groups in total. The lowest BCUT2D eigenvalue weighted by Crippen LogP contribution is -2.38. The Kier molecular flexibility index (Phi) is 20.3. The number of rotatable bonds is 24. The lowest BCUT2D eigenvalue weighted by atomic mass is 10.0. The molecule has 0 saturated carbocycles. The lowest BCUT2D eigenvalue weighted by Gasteiger charge is -2.32. The molecule has 1 unspecified atom stereocenters. The van der Waals surface area contributed by atoms with Crippen molar-refractivity contribution in [3.8, 4) is 0 Å². The third-order valence-electron chi connectivity index (χ3n) is 7.37. The first-order valence-corrected chi connectivity index (χ1v) is 15.0. The SMILES string of the molecule is CCCCCCCCCCCCCCCCCCN1C=CN(CCCCCCC)C1CC. The van der Waals surface area contributed by atoms with Crippen molar-refractivity contribution in [1.29, 1.82) is 0 Å². The highest BCUT2D eigenvalue weighted by molar-refractivity contribution is 4.96. The van der Waals surface area contributed by atoms with E-state index in [1.165, 1.54) is 154 Å². The maximum Gasteiger partial charge on any atom is 0.100 e. The summed E-state index contributed by atoms with van der Waals surface area (Å²) in [4.78, 5) is 5.20. The fourth-order valence-corrected chi connectivity index (χ4v) is 5.22. The van der Waals surface area contributed by atoms with Crippen LogP contribution in [0.4, 0.5) is 0 Å². The standard InChI is InChI=1S/C30H60N2/c1-4-7-9-11-12-13-14-15-16-17-18-19-20-21-23-25-27-32-29-28-31(30(32)6-3)26-24-22-10-8-5-2/h28-30H,4-27H2,1-3H3. The second kappa shape index (κ2) is 22.1. The van der Waals surface area contributed by atoms with Gasteiger partial charge < -0.3 is 9.80 Å². The highest BCUT2D eigenvalue weighted by atomic mass is 15.4. The van der Waals surface area contributed by atoms with Crippen LogP contribution in [0.5, 0.6) is 0 Å². The zero-order chi connectivity index (χ0) is 23.1. The Morgan fingerprint density at radius 1 is 0.406 bits per heavy atom. The average Bonchev–Trinajstić information content (AvgIpc) is 3.20. The lowest BCUT2D eigenvalue weighted by molar-refractivity contribution is 0.144. The van der Waals surface area contributed by atoms with Gasteiger partial charge in [0.05, 0.1) is 0 Å². The maximum atomic E-state index is 2.61. The summed E-state index contributed by atoms with van der Waals surface area (Å²) in [6, 6.07) is 0. The summed E-state index contributed by atoms with van der Waals surface area (Å²) in [5.74, 6) is 0. The topological polar surface area (TPSA) is 6.48 Å². The van der Waals surface area contributed by atoms with E-state index in [0.29, 0.717) is 6.17 Å². The van der Waals surface area contributed by atoms with Gasteiger partial charge in [-0.2, -0.15) is 0 Å². The smallest absolute Gasteiger partial charge is 0.100 e. The molecule has 0 spiro atoms. The van der Waals surface area contributed by atoms with Gasteiger partial charge in [0.25, 0.3) is 0 Å². The molecular weight excluding hydrogens is 388 g/mol. The molecule has 1 atom stereocenters. The molecule has 2 nitrogen and oxygen atoms in total. The molecule has 0 aromatic heterocycles. The molecule has 1 aliphatic rings. The second-order valence-electron chi connectivity index (χ2n) is 10.4. The molecule has 0 aromatic carbocycles. The normalized spacial score (nSPS) is 15.9. The quantitative estimate of drug-likeness (QED) is 0.135. The van der Waals surface area contributed by atoms with E-state index in [1.54, 1.807) is 0 Å². The van der Waals surface area contributed by atoms with Crippen molar-refractivity contribution in [2.75, 3.05) is 13.1 Å². The summed E-state index contributed by atoms with van der Waals surface area (Å²) < 4.78 is 0. The van der Waals surface area contributed by atoms with Gasteiger partial charge in [0.1, 0.15) is 6.17 Å². The third kappa shape index (κ3) is 15.2. The summed E-state index contributed by atoms with van der Waals surface area (Å²) in [5.41, 5.74) is 0. The molecular formula is C30H60N2. The summed E-state index contributed by atoms with van der Waals surface area (Å²) >= 11 is 0. The van der Waals surface area contributed by atoms with E-state index in [-0.39, 0.29) is 0 Å². The first-order valence-electron chi connectivity index (χ1n) is 15.0. The van der Waals surface area contributed by atoms with Crippen LogP contribution in [-0.4, -0.2) is 29.1 Å². The Balaban J connectivity index is 1.88. The highest BCUT2D eigenvalue weighted by Crippen LogP contribution is 2.21. The van der Waals surface area contributed by atoms with Gasteiger partial charge in [-0.3, -0.25) is 0 Å². The zero-order valence-electron chi connectivity index (χ0n) is 22.6. The van der Waals surface area contributed by atoms with E-state index in [9.17, 15) is 0 Å². The van der Waals surface area contributed by atoms with Crippen LogP contribution in [0.15, 0.2) is 12.4 Å². The number of hydrogen-bond donors (Lipinski definition) is 0. The first-order chi connectivity index (χ1) is 15.8. The van der Waals surface area contributed by atoms with Gasteiger partial charge in [0, 0.05) is 25.5 Å². The van der Waals surface area contributed by atoms with Crippen molar-refractivity contribution in [3.63, 3.8) is 0 Å². The average molecular weight is 449 g/mol. The van der Waals surface area contributed by atoms with Crippen LogP contribution in [0, 0.1) is 0 Å². The Hall–Kier alpha value is -0.660. The van der Waals surface area contributed by atoms with Crippen molar-refractivity contribution < 1.29 is 0 Å². The molecule has 0 aromatic rings. The van der Waals surface area contributed by atoms with Gasteiger partial charge in [-0.25, -0.2) is 0 Å². The molecule has 0 aliphatic carbocycles. The highest BCUT2D eigenvalue weighted by Gasteiger charge is 2.23. The molecule has 190 valence electrons. The minimum absolute atomic E-state index is 0.623. The van der Waals surface area contributed by atoms with E-state index in [1.807, 2.05) is 0 Å². The van der Waals surface area contributed by atoms with Crippen LogP contribution in [0.1, 0.15) is 162 Å². The van der Waals surface area contributed by atoms with Crippen LogP contribution in [0.3, 0.4) is 0 Å². The zero-order valence-corrected chi connectivity index (χ0v) is 22.6. The molecule has 0 fully saturated rings. The molecule has 0 amide bonds. The van der Waals surface area contributed by atoms with Gasteiger partial charge in [0.15, 0.2) is 0 Å². The van der Waals surface area contributed by atoms with E-state index in [0.717, 1.165) is 0 Å². The minimum atomic E-state index is 0.623. The summed E-state index contributed by atoms with van der Waals surface area (Å²) in [5, 5.41) is 0. The Morgan fingerprint density at radius 3 is 0.969 bits per heavy atom. The first kappa shape index (κ1) is 29.4. The molecule has 0 radical (unpaired) electrons. The van der Waals surface area contributed by atoms with Gasteiger partial charge >= 0.3 is 0 Å². The van der Waals surface area contributed by atoms with Crippen LogP contribution in [0.2, 0.25) is 0 Å². The van der Waals surface area contributed by atoms with E-state index < -0.39 is 0 Å². The predicted molar refractivity (Wildman–Crippen MR) is 145 cm³/mol. The van der Waals surface area contributed by atoms with Crippen molar-refractivity contribution in [2.45, 2.75) is 168 Å². The fourth-order valence-electron chi connectivity index (χ4n) is 5.22. The van der Waals surface area contributed by atoms with Crippen molar-refractivity contribution in [1.82, 2.24) is 9.80 Å². The van der Waals surface area contributed by atoms with Crippen LogP contribution in [-0.2, 0) is 0 Å². The molecule has 1 aliphatic heterocycles. The van der Waals surface area contributed by atoms with Gasteiger partial charge in [-0.1, -0.05) is 143 Å². The summed E-state index contributed by atoms with van der Waals surface area (Å²) in [7, 11) is 0. The van der Waals surface area contributed by atoms with Gasteiger partial charge in [-0.15, -0.1) is 0 Å². The molecule has 0 bridgehead atoms. The Morgan fingerprint density at radius 2 is 0.688 bits per heavy atom. The van der Waals surface area contributed by atoms with Crippen LogP contribution in [0.25, 0.3) is 0 Å². The minimum Gasteiger partial charge on any atom is -0.356 e. The molecule has 2 heteroatoms. The molecule has 1 heterocycles. The molecule has 32 heavy (non-hydrogen) atoms. The van der Waals surface area contributed by atoms with E-state index >= 15 is 0 Å².